The fourth-order valence-corrected chi connectivity index (χ4v) is 3.64. The first kappa shape index (κ1) is 21.4. The molecule has 0 aromatic heterocycles. The van der Waals surface area contributed by atoms with Crippen LogP contribution < -0.4 is 15.0 Å². The Labute approximate surface area is 177 Å². The lowest BCUT2D eigenvalue weighted by molar-refractivity contribution is -0.114. The number of carbonyl (C=O) groups is 1. The van der Waals surface area contributed by atoms with Crippen molar-refractivity contribution in [2.24, 2.45) is 0 Å². The largest absolute Gasteiger partial charge is 0.491 e. The first-order valence-corrected chi connectivity index (χ1v) is 10.2. The molecular weight excluding hydrogens is 390 g/mol. The van der Waals surface area contributed by atoms with Gasteiger partial charge in [-0.1, -0.05) is 17.7 Å². The Morgan fingerprint density at radius 1 is 1.17 bits per heavy atom. The number of amides is 1. The third kappa shape index (κ3) is 6.35. The molecule has 0 radical (unpaired) electrons. The second-order valence-electron chi connectivity index (χ2n) is 7.39. The van der Waals surface area contributed by atoms with Crippen molar-refractivity contribution < 1.29 is 14.6 Å². The Morgan fingerprint density at radius 3 is 2.52 bits per heavy atom. The number of ether oxygens (including phenoxy) is 1. The van der Waals surface area contributed by atoms with Gasteiger partial charge >= 0.3 is 0 Å². The normalized spacial score (nSPS) is 15.8. The number of nitrogens with one attached hydrogen (secondary N) is 1. The number of piperazine rings is 1. The molecule has 0 bridgehead atoms. The summed E-state index contributed by atoms with van der Waals surface area (Å²) in [7, 11) is 0. The van der Waals surface area contributed by atoms with Crippen molar-refractivity contribution in [2.75, 3.05) is 49.5 Å². The standard InChI is InChI=1S/C22H28ClN3O3/c1-16-3-4-18(23)13-22(16)26-11-9-25(10-12-26)14-20(28)15-29-21-7-5-19(6-8-21)24-17(2)27/h3-8,13,20,28H,9-12,14-15H2,1-2H3,(H,24,27)/t20-/m0/s1. The van der Waals surface area contributed by atoms with Gasteiger partial charge in [0.05, 0.1) is 0 Å². The molecule has 1 aliphatic heterocycles. The summed E-state index contributed by atoms with van der Waals surface area (Å²) in [4.78, 5) is 15.6. The highest BCUT2D eigenvalue weighted by Gasteiger charge is 2.21. The van der Waals surface area contributed by atoms with Crippen LogP contribution in [-0.4, -0.2) is 61.3 Å². The number of aryl methyl sites for hydroxylation is 1. The van der Waals surface area contributed by atoms with E-state index in [0.29, 0.717) is 12.3 Å². The van der Waals surface area contributed by atoms with Gasteiger partial charge in [0.25, 0.3) is 0 Å². The number of carbonyl (C=O) groups excluding carboxylic acids is 1. The van der Waals surface area contributed by atoms with E-state index in [1.165, 1.54) is 18.2 Å². The van der Waals surface area contributed by atoms with Crippen LogP contribution in [-0.2, 0) is 4.79 Å². The number of rotatable bonds is 7. The summed E-state index contributed by atoms with van der Waals surface area (Å²) in [6.45, 7) is 7.94. The first-order valence-electron chi connectivity index (χ1n) is 9.82. The van der Waals surface area contributed by atoms with Crippen LogP contribution >= 0.6 is 11.6 Å². The van der Waals surface area contributed by atoms with Crippen molar-refractivity contribution in [3.05, 3.63) is 53.1 Å². The van der Waals surface area contributed by atoms with E-state index in [1.54, 1.807) is 24.3 Å². The van der Waals surface area contributed by atoms with Crippen molar-refractivity contribution >= 4 is 28.9 Å². The molecule has 29 heavy (non-hydrogen) atoms. The third-order valence-electron chi connectivity index (χ3n) is 4.97. The number of nitrogens with zero attached hydrogens (tertiary/aromatic N) is 2. The molecule has 1 aliphatic rings. The topological polar surface area (TPSA) is 65.0 Å². The maximum absolute atomic E-state index is 11.0. The number of halogens is 1. The van der Waals surface area contributed by atoms with Crippen molar-refractivity contribution in [3.8, 4) is 5.75 Å². The monoisotopic (exact) mass is 417 g/mol. The minimum absolute atomic E-state index is 0.111. The molecular formula is C22H28ClN3O3. The smallest absolute Gasteiger partial charge is 0.221 e. The third-order valence-corrected chi connectivity index (χ3v) is 5.21. The van der Waals surface area contributed by atoms with Crippen LogP contribution in [0.3, 0.4) is 0 Å². The van der Waals surface area contributed by atoms with Crippen LogP contribution in [0.15, 0.2) is 42.5 Å². The molecule has 1 fully saturated rings. The Hall–Kier alpha value is -2.28. The highest BCUT2D eigenvalue weighted by atomic mass is 35.5. The molecule has 1 amide bonds. The summed E-state index contributed by atoms with van der Waals surface area (Å²) in [5.41, 5.74) is 3.13. The molecule has 1 atom stereocenters. The lowest BCUT2D eigenvalue weighted by Crippen LogP contribution is -2.49. The molecule has 3 rings (SSSR count). The highest BCUT2D eigenvalue weighted by molar-refractivity contribution is 6.30. The Kier molecular flexibility index (Phi) is 7.36. The molecule has 2 aromatic carbocycles. The van der Waals surface area contributed by atoms with E-state index < -0.39 is 6.10 Å². The number of hydrogen-bond donors (Lipinski definition) is 2. The van der Waals surface area contributed by atoms with E-state index in [9.17, 15) is 9.90 Å². The van der Waals surface area contributed by atoms with E-state index in [4.69, 9.17) is 16.3 Å². The number of hydrogen-bond acceptors (Lipinski definition) is 5. The van der Waals surface area contributed by atoms with Gasteiger partial charge in [-0.2, -0.15) is 0 Å². The number of β-amino-alcohol motifs (C(OH)–C–C–N with tert-alkyl or cyclic N) is 1. The molecule has 6 nitrogen and oxygen atoms in total. The van der Waals surface area contributed by atoms with Crippen LogP contribution in [0, 0.1) is 6.92 Å². The van der Waals surface area contributed by atoms with Gasteiger partial charge in [-0.15, -0.1) is 0 Å². The number of aliphatic hydroxyl groups excluding tert-OH is 1. The van der Waals surface area contributed by atoms with E-state index in [-0.39, 0.29) is 12.5 Å². The van der Waals surface area contributed by atoms with Crippen molar-refractivity contribution in [1.82, 2.24) is 4.90 Å². The second kappa shape index (κ2) is 9.96. The Balaban J connectivity index is 1.42. The van der Waals surface area contributed by atoms with E-state index in [1.807, 2.05) is 18.2 Å². The van der Waals surface area contributed by atoms with Gasteiger partial charge in [0.15, 0.2) is 0 Å². The quantitative estimate of drug-likeness (QED) is 0.724. The van der Waals surface area contributed by atoms with Gasteiger partial charge in [-0.25, -0.2) is 0 Å². The summed E-state index contributed by atoms with van der Waals surface area (Å²) in [6, 6.07) is 13.1. The van der Waals surface area contributed by atoms with Gasteiger partial charge < -0.3 is 20.1 Å². The fraction of sp³-hybridized carbons (Fsp3) is 0.409. The van der Waals surface area contributed by atoms with Crippen molar-refractivity contribution in [1.29, 1.82) is 0 Å². The van der Waals surface area contributed by atoms with Crippen molar-refractivity contribution in [3.63, 3.8) is 0 Å². The molecule has 2 aromatic rings. The molecule has 1 saturated heterocycles. The summed E-state index contributed by atoms with van der Waals surface area (Å²) in [5.74, 6) is 0.555. The van der Waals surface area contributed by atoms with E-state index in [2.05, 4.69) is 22.0 Å². The molecule has 0 unspecified atom stereocenters. The van der Waals surface area contributed by atoms with Crippen LogP contribution in [0.5, 0.6) is 5.75 Å². The zero-order chi connectivity index (χ0) is 20.8. The van der Waals surface area contributed by atoms with Crippen LogP contribution in [0.4, 0.5) is 11.4 Å². The van der Waals surface area contributed by atoms with Gasteiger partial charge in [0.1, 0.15) is 18.5 Å². The average molecular weight is 418 g/mol. The second-order valence-corrected chi connectivity index (χ2v) is 7.83. The lowest BCUT2D eigenvalue weighted by atomic mass is 10.1. The zero-order valence-corrected chi connectivity index (χ0v) is 17.7. The predicted octanol–water partition coefficient (Wildman–Crippen LogP) is 3.17. The summed E-state index contributed by atoms with van der Waals surface area (Å²) < 4.78 is 5.67. The van der Waals surface area contributed by atoms with Gasteiger partial charge in [0.2, 0.25) is 5.91 Å². The van der Waals surface area contributed by atoms with E-state index in [0.717, 1.165) is 36.9 Å². The molecule has 1 heterocycles. The molecule has 2 N–H and O–H groups in total. The lowest BCUT2D eigenvalue weighted by Gasteiger charge is -2.37. The molecule has 156 valence electrons. The van der Waals surface area contributed by atoms with Crippen LogP contribution in [0.2, 0.25) is 5.02 Å². The zero-order valence-electron chi connectivity index (χ0n) is 16.9. The summed E-state index contributed by atoms with van der Waals surface area (Å²) in [5, 5.41) is 13.8. The molecule has 7 heteroatoms. The molecule has 0 aliphatic carbocycles. The SMILES string of the molecule is CC(=O)Nc1ccc(OC[C@@H](O)CN2CCN(c3cc(Cl)ccc3C)CC2)cc1. The number of benzene rings is 2. The van der Waals surface area contributed by atoms with Crippen LogP contribution in [0.25, 0.3) is 0 Å². The van der Waals surface area contributed by atoms with E-state index >= 15 is 0 Å². The minimum atomic E-state index is -0.565. The maximum atomic E-state index is 11.0. The predicted molar refractivity (Wildman–Crippen MR) is 117 cm³/mol. The fourth-order valence-electron chi connectivity index (χ4n) is 3.48. The minimum Gasteiger partial charge on any atom is -0.491 e. The Morgan fingerprint density at radius 2 is 1.86 bits per heavy atom. The first-order chi connectivity index (χ1) is 13.9. The van der Waals surface area contributed by atoms with Gasteiger partial charge in [0, 0.05) is 56.0 Å². The summed E-state index contributed by atoms with van der Waals surface area (Å²) >= 11 is 6.15. The molecule has 0 spiro atoms. The number of anilines is 2. The van der Waals surface area contributed by atoms with Gasteiger partial charge in [-0.3, -0.25) is 9.69 Å². The highest BCUT2D eigenvalue weighted by Crippen LogP contribution is 2.25. The Bertz CT molecular complexity index is 821. The van der Waals surface area contributed by atoms with Gasteiger partial charge in [-0.05, 0) is 48.9 Å². The van der Waals surface area contributed by atoms with Crippen LogP contribution in [0.1, 0.15) is 12.5 Å². The maximum Gasteiger partial charge on any atom is 0.221 e. The summed E-state index contributed by atoms with van der Waals surface area (Å²) in [6.07, 6.45) is -0.565. The van der Waals surface area contributed by atoms with Crippen molar-refractivity contribution in [2.45, 2.75) is 20.0 Å². The molecule has 0 saturated carbocycles. The average Bonchev–Trinajstić information content (AvgIpc) is 2.69. The number of aliphatic hydroxyl groups is 1.